The minimum absolute atomic E-state index is 0.0828. The molecule has 1 N–H and O–H groups in total. The van der Waals surface area contributed by atoms with Gasteiger partial charge in [-0.25, -0.2) is 4.79 Å². The standard InChI is InChI=1S/C11H15N3O3S/c1-3-9-14(8(6-18-9)11(16)17)10(15)7-4-5-13(2)12-7/h4-5,8-9H,3,6H2,1-2H3,(H,16,17). The number of hydrogen-bond acceptors (Lipinski definition) is 4. The fraction of sp³-hybridized carbons (Fsp3) is 0.545. The summed E-state index contributed by atoms with van der Waals surface area (Å²) in [6.07, 6.45) is 2.40. The Morgan fingerprint density at radius 3 is 2.83 bits per heavy atom. The van der Waals surface area contributed by atoms with Crippen LogP contribution in [0, 0.1) is 0 Å². The van der Waals surface area contributed by atoms with Crippen LogP contribution in [0.5, 0.6) is 0 Å². The van der Waals surface area contributed by atoms with Gasteiger partial charge in [-0.15, -0.1) is 11.8 Å². The van der Waals surface area contributed by atoms with Crippen molar-refractivity contribution in [1.29, 1.82) is 0 Å². The largest absolute Gasteiger partial charge is 0.480 e. The van der Waals surface area contributed by atoms with Crippen molar-refractivity contribution in [2.24, 2.45) is 7.05 Å². The Labute approximate surface area is 109 Å². The number of rotatable bonds is 3. The van der Waals surface area contributed by atoms with E-state index in [0.29, 0.717) is 11.4 Å². The molecule has 1 aliphatic rings. The number of thioether (sulfide) groups is 1. The van der Waals surface area contributed by atoms with Gasteiger partial charge in [-0.1, -0.05) is 6.92 Å². The minimum Gasteiger partial charge on any atom is -0.480 e. The maximum atomic E-state index is 12.3. The normalized spacial score (nSPS) is 23.3. The Balaban J connectivity index is 2.27. The van der Waals surface area contributed by atoms with E-state index in [2.05, 4.69) is 5.10 Å². The molecule has 18 heavy (non-hydrogen) atoms. The molecule has 2 heterocycles. The second-order valence-electron chi connectivity index (χ2n) is 4.14. The van der Waals surface area contributed by atoms with Gasteiger partial charge >= 0.3 is 5.97 Å². The fourth-order valence-electron chi connectivity index (χ4n) is 2.00. The first-order valence-electron chi connectivity index (χ1n) is 5.71. The topological polar surface area (TPSA) is 75.4 Å². The number of hydrogen-bond donors (Lipinski definition) is 1. The van der Waals surface area contributed by atoms with E-state index >= 15 is 0 Å². The molecule has 0 spiro atoms. The minimum atomic E-state index is -0.956. The molecule has 2 atom stereocenters. The van der Waals surface area contributed by atoms with E-state index in [9.17, 15) is 9.59 Å². The number of carboxylic acid groups (broad SMARTS) is 1. The number of carboxylic acids is 1. The van der Waals surface area contributed by atoms with E-state index in [-0.39, 0.29) is 11.3 Å². The molecule has 1 fully saturated rings. The summed E-state index contributed by atoms with van der Waals surface area (Å²) in [5.41, 5.74) is 0.296. The third-order valence-corrected chi connectivity index (χ3v) is 4.35. The lowest BCUT2D eigenvalue weighted by atomic mass is 10.2. The van der Waals surface area contributed by atoms with E-state index in [0.717, 1.165) is 6.42 Å². The van der Waals surface area contributed by atoms with Gasteiger partial charge in [-0.05, 0) is 12.5 Å². The number of amides is 1. The Hall–Kier alpha value is -1.50. The number of aliphatic carboxylic acids is 1. The summed E-state index contributed by atoms with van der Waals surface area (Å²) in [7, 11) is 1.72. The van der Waals surface area contributed by atoms with Crippen LogP contribution in [0.3, 0.4) is 0 Å². The zero-order chi connectivity index (χ0) is 13.3. The molecule has 7 heteroatoms. The maximum Gasteiger partial charge on any atom is 0.327 e. The summed E-state index contributed by atoms with van der Waals surface area (Å²) in [4.78, 5) is 24.9. The highest BCUT2D eigenvalue weighted by Crippen LogP contribution is 2.32. The van der Waals surface area contributed by atoms with E-state index in [1.54, 1.807) is 19.3 Å². The van der Waals surface area contributed by atoms with Gasteiger partial charge in [0.15, 0.2) is 0 Å². The summed E-state index contributed by atoms with van der Waals surface area (Å²) in [6, 6.07) is 0.853. The molecule has 0 bridgehead atoms. The number of aromatic nitrogens is 2. The molecule has 1 aliphatic heterocycles. The van der Waals surface area contributed by atoms with Crippen molar-refractivity contribution in [3.63, 3.8) is 0 Å². The lowest BCUT2D eigenvalue weighted by Crippen LogP contribution is -2.45. The maximum absolute atomic E-state index is 12.3. The molecule has 6 nitrogen and oxygen atoms in total. The molecule has 1 aromatic heterocycles. The van der Waals surface area contributed by atoms with Crippen molar-refractivity contribution in [1.82, 2.24) is 14.7 Å². The highest BCUT2D eigenvalue weighted by molar-refractivity contribution is 8.00. The van der Waals surface area contributed by atoms with Crippen LogP contribution in [0.1, 0.15) is 23.8 Å². The van der Waals surface area contributed by atoms with Gasteiger partial charge in [0.1, 0.15) is 11.7 Å². The molecule has 0 aromatic carbocycles. The van der Waals surface area contributed by atoms with Gasteiger partial charge < -0.3 is 10.0 Å². The van der Waals surface area contributed by atoms with Crippen LogP contribution < -0.4 is 0 Å². The predicted molar refractivity (Wildman–Crippen MR) is 67.3 cm³/mol. The van der Waals surface area contributed by atoms with E-state index in [1.165, 1.54) is 21.3 Å². The SMILES string of the molecule is CCC1SCC(C(=O)O)N1C(=O)c1ccn(C)n1. The van der Waals surface area contributed by atoms with Gasteiger partial charge in [0.05, 0.1) is 5.37 Å². The van der Waals surface area contributed by atoms with Crippen LogP contribution in [-0.4, -0.2) is 48.8 Å². The van der Waals surface area contributed by atoms with Crippen molar-refractivity contribution >= 4 is 23.6 Å². The first kappa shape index (κ1) is 12.9. The number of carbonyl (C=O) groups is 2. The Morgan fingerprint density at radius 2 is 2.33 bits per heavy atom. The van der Waals surface area contributed by atoms with Gasteiger partial charge in [0.25, 0.3) is 5.91 Å². The van der Waals surface area contributed by atoms with Crippen LogP contribution >= 0.6 is 11.8 Å². The first-order chi connectivity index (χ1) is 8.54. The Kier molecular flexibility index (Phi) is 3.60. The second-order valence-corrected chi connectivity index (χ2v) is 5.35. The Bertz CT molecular complexity index is 474. The molecule has 0 aliphatic carbocycles. The third-order valence-electron chi connectivity index (χ3n) is 2.89. The summed E-state index contributed by atoms with van der Waals surface area (Å²) in [5.74, 6) is -0.825. The zero-order valence-corrected chi connectivity index (χ0v) is 11.1. The zero-order valence-electron chi connectivity index (χ0n) is 10.2. The highest BCUT2D eigenvalue weighted by atomic mass is 32.2. The molecular weight excluding hydrogens is 254 g/mol. The van der Waals surface area contributed by atoms with Crippen LogP contribution in [0.2, 0.25) is 0 Å². The predicted octanol–water partition coefficient (Wildman–Crippen LogP) is 0.798. The van der Waals surface area contributed by atoms with Crippen LogP contribution in [0.15, 0.2) is 12.3 Å². The first-order valence-corrected chi connectivity index (χ1v) is 6.76. The number of nitrogens with zero attached hydrogens (tertiary/aromatic N) is 3. The molecule has 0 saturated carbocycles. The fourth-order valence-corrected chi connectivity index (χ4v) is 3.35. The van der Waals surface area contributed by atoms with E-state index < -0.39 is 12.0 Å². The summed E-state index contributed by atoms with van der Waals surface area (Å²) >= 11 is 1.51. The van der Waals surface area contributed by atoms with Crippen LogP contribution in [0.25, 0.3) is 0 Å². The third kappa shape index (κ3) is 2.22. The van der Waals surface area contributed by atoms with E-state index in [4.69, 9.17) is 5.11 Å². The molecule has 2 unspecified atom stereocenters. The summed E-state index contributed by atoms with van der Waals surface area (Å²) < 4.78 is 1.53. The monoisotopic (exact) mass is 269 g/mol. The molecule has 0 radical (unpaired) electrons. The molecule has 1 amide bonds. The second kappa shape index (κ2) is 5.01. The lowest BCUT2D eigenvalue weighted by Gasteiger charge is -2.25. The number of carbonyl (C=O) groups excluding carboxylic acids is 1. The van der Waals surface area contributed by atoms with Crippen molar-refractivity contribution in [3.05, 3.63) is 18.0 Å². The quantitative estimate of drug-likeness (QED) is 0.878. The van der Waals surface area contributed by atoms with Crippen LogP contribution in [-0.2, 0) is 11.8 Å². The highest BCUT2D eigenvalue weighted by Gasteiger charge is 2.41. The molecule has 98 valence electrons. The smallest absolute Gasteiger partial charge is 0.327 e. The average molecular weight is 269 g/mol. The molecule has 1 saturated heterocycles. The van der Waals surface area contributed by atoms with Gasteiger partial charge in [-0.3, -0.25) is 9.48 Å². The van der Waals surface area contributed by atoms with E-state index in [1.807, 2.05) is 6.92 Å². The van der Waals surface area contributed by atoms with Crippen LogP contribution in [0.4, 0.5) is 0 Å². The molecule has 1 aromatic rings. The van der Waals surface area contributed by atoms with Crippen molar-refractivity contribution < 1.29 is 14.7 Å². The van der Waals surface area contributed by atoms with Crippen molar-refractivity contribution in [2.75, 3.05) is 5.75 Å². The van der Waals surface area contributed by atoms with Crippen molar-refractivity contribution in [3.8, 4) is 0 Å². The van der Waals surface area contributed by atoms with Gasteiger partial charge in [0, 0.05) is 19.0 Å². The van der Waals surface area contributed by atoms with Gasteiger partial charge in [-0.2, -0.15) is 5.10 Å². The Morgan fingerprint density at radius 1 is 1.61 bits per heavy atom. The lowest BCUT2D eigenvalue weighted by molar-refractivity contribution is -0.141. The number of aryl methyl sites for hydroxylation is 1. The van der Waals surface area contributed by atoms with Crippen molar-refractivity contribution in [2.45, 2.75) is 24.8 Å². The summed E-state index contributed by atoms with van der Waals surface area (Å²) in [5, 5.41) is 13.1. The summed E-state index contributed by atoms with van der Waals surface area (Å²) in [6.45, 7) is 1.95. The molecular formula is C11H15N3O3S. The van der Waals surface area contributed by atoms with Gasteiger partial charge in [0.2, 0.25) is 0 Å². The average Bonchev–Trinajstić information content (AvgIpc) is 2.93. The molecule has 2 rings (SSSR count).